The van der Waals surface area contributed by atoms with Gasteiger partial charge in [-0.2, -0.15) is 0 Å². The summed E-state index contributed by atoms with van der Waals surface area (Å²) in [5, 5.41) is 8.74. The molecular formula is C17H27N5O. The molecule has 1 aliphatic carbocycles. The van der Waals surface area contributed by atoms with Crippen molar-refractivity contribution in [3.8, 4) is 0 Å². The Morgan fingerprint density at radius 1 is 1.09 bits per heavy atom. The Labute approximate surface area is 137 Å². The average molecular weight is 317 g/mol. The van der Waals surface area contributed by atoms with Gasteiger partial charge in [0.15, 0.2) is 0 Å². The number of amides is 1. The number of carbonyl (C=O) groups excluding carboxylic acids is 1. The molecule has 0 N–H and O–H groups in total. The molecule has 4 rings (SSSR count). The van der Waals surface area contributed by atoms with Gasteiger partial charge in [-0.05, 0) is 46.0 Å². The van der Waals surface area contributed by atoms with Gasteiger partial charge in [0.1, 0.15) is 11.6 Å². The molecule has 1 aromatic rings. The van der Waals surface area contributed by atoms with Crippen LogP contribution in [-0.2, 0) is 17.9 Å². The van der Waals surface area contributed by atoms with E-state index in [2.05, 4.69) is 38.4 Å². The number of carbonyl (C=O) groups is 1. The smallest absolute Gasteiger partial charge is 0.237 e. The van der Waals surface area contributed by atoms with Crippen molar-refractivity contribution in [2.24, 2.45) is 0 Å². The summed E-state index contributed by atoms with van der Waals surface area (Å²) in [4.78, 5) is 17.1. The molecule has 0 bridgehead atoms. The average Bonchev–Trinajstić information content (AvgIpc) is 3.27. The maximum Gasteiger partial charge on any atom is 0.237 e. The standard InChI is InChI=1S/C17H27N5O/c1-12-4-3-5-13(2)22(12)16(23)11-20-8-9-21-15(10-20)18-19-17(21)14-6-7-14/h12-14H,3-11H2,1-2H3/t12-,13-/m0/s1. The van der Waals surface area contributed by atoms with Crippen LogP contribution in [0.25, 0.3) is 0 Å². The Hall–Kier alpha value is -1.43. The maximum atomic E-state index is 12.8. The molecule has 0 aromatic carbocycles. The molecule has 3 heterocycles. The van der Waals surface area contributed by atoms with Crippen LogP contribution in [0, 0.1) is 0 Å². The van der Waals surface area contributed by atoms with Crippen molar-refractivity contribution in [1.29, 1.82) is 0 Å². The molecule has 2 fully saturated rings. The second kappa shape index (κ2) is 5.89. The summed E-state index contributed by atoms with van der Waals surface area (Å²) >= 11 is 0. The van der Waals surface area contributed by atoms with Gasteiger partial charge in [0, 0.05) is 31.1 Å². The Morgan fingerprint density at radius 2 is 1.83 bits per heavy atom. The highest BCUT2D eigenvalue weighted by molar-refractivity contribution is 5.79. The highest BCUT2D eigenvalue weighted by atomic mass is 16.2. The number of piperidine rings is 1. The second-order valence-electron chi connectivity index (χ2n) is 7.54. The molecule has 0 spiro atoms. The summed E-state index contributed by atoms with van der Waals surface area (Å²) in [7, 11) is 0. The minimum atomic E-state index is 0.278. The topological polar surface area (TPSA) is 54.3 Å². The van der Waals surface area contributed by atoms with Gasteiger partial charge in [0.05, 0.1) is 13.1 Å². The zero-order valence-corrected chi connectivity index (χ0v) is 14.2. The molecular weight excluding hydrogens is 290 g/mol. The lowest BCUT2D eigenvalue weighted by atomic mass is 9.97. The van der Waals surface area contributed by atoms with Crippen molar-refractivity contribution in [3.63, 3.8) is 0 Å². The number of likely N-dealkylation sites (tertiary alicyclic amines) is 1. The first-order valence-corrected chi connectivity index (χ1v) is 9.09. The molecule has 3 aliphatic rings. The van der Waals surface area contributed by atoms with E-state index in [-0.39, 0.29) is 5.91 Å². The molecule has 126 valence electrons. The van der Waals surface area contributed by atoms with Crippen molar-refractivity contribution in [3.05, 3.63) is 11.6 Å². The van der Waals surface area contributed by atoms with E-state index in [4.69, 9.17) is 0 Å². The highest BCUT2D eigenvalue weighted by Gasteiger charge is 2.34. The maximum absolute atomic E-state index is 12.8. The first kappa shape index (κ1) is 15.1. The van der Waals surface area contributed by atoms with Crippen LogP contribution in [0.15, 0.2) is 0 Å². The Morgan fingerprint density at radius 3 is 2.52 bits per heavy atom. The van der Waals surface area contributed by atoms with Gasteiger partial charge in [0.25, 0.3) is 0 Å². The van der Waals surface area contributed by atoms with Gasteiger partial charge in [-0.15, -0.1) is 10.2 Å². The molecule has 1 amide bonds. The third-order valence-electron chi connectivity index (χ3n) is 5.64. The van der Waals surface area contributed by atoms with E-state index in [0.29, 0.717) is 24.5 Å². The minimum Gasteiger partial charge on any atom is -0.336 e. The Balaban J connectivity index is 1.40. The van der Waals surface area contributed by atoms with E-state index in [1.807, 2.05) is 0 Å². The van der Waals surface area contributed by atoms with Crippen LogP contribution in [0.5, 0.6) is 0 Å². The van der Waals surface area contributed by atoms with Crippen molar-refractivity contribution in [2.75, 3.05) is 13.1 Å². The third kappa shape index (κ3) is 2.89. The molecule has 0 radical (unpaired) electrons. The Kier molecular flexibility index (Phi) is 3.87. The monoisotopic (exact) mass is 317 g/mol. The predicted molar refractivity (Wildman–Crippen MR) is 86.9 cm³/mol. The van der Waals surface area contributed by atoms with E-state index in [1.54, 1.807) is 0 Å². The van der Waals surface area contributed by atoms with Crippen LogP contribution < -0.4 is 0 Å². The first-order valence-electron chi connectivity index (χ1n) is 9.09. The van der Waals surface area contributed by atoms with Crippen LogP contribution in [0.1, 0.15) is 63.5 Å². The van der Waals surface area contributed by atoms with Gasteiger partial charge >= 0.3 is 0 Å². The summed E-state index contributed by atoms with van der Waals surface area (Å²) in [5.74, 6) is 3.12. The summed E-state index contributed by atoms with van der Waals surface area (Å²) in [6, 6.07) is 0.752. The zero-order chi connectivity index (χ0) is 16.0. The van der Waals surface area contributed by atoms with Crippen LogP contribution in [0.3, 0.4) is 0 Å². The lowest BCUT2D eigenvalue weighted by molar-refractivity contribution is -0.138. The fourth-order valence-electron chi connectivity index (χ4n) is 4.19. The van der Waals surface area contributed by atoms with Crippen molar-refractivity contribution in [1.82, 2.24) is 24.6 Å². The van der Waals surface area contributed by atoms with Crippen LogP contribution in [0.2, 0.25) is 0 Å². The van der Waals surface area contributed by atoms with Crippen LogP contribution in [0.4, 0.5) is 0 Å². The first-order chi connectivity index (χ1) is 11.1. The highest BCUT2D eigenvalue weighted by Crippen LogP contribution is 2.39. The van der Waals surface area contributed by atoms with E-state index in [1.165, 1.54) is 25.1 Å². The van der Waals surface area contributed by atoms with Crippen molar-refractivity contribution >= 4 is 5.91 Å². The SMILES string of the molecule is C[C@H]1CCC[C@H](C)N1C(=O)CN1CCn2c(nnc2C2CC2)C1. The van der Waals surface area contributed by atoms with E-state index in [0.717, 1.165) is 38.3 Å². The lowest BCUT2D eigenvalue weighted by Crippen LogP contribution is -2.51. The molecule has 0 unspecified atom stereocenters. The molecule has 1 saturated carbocycles. The van der Waals surface area contributed by atoms with E-state index < -0.39 is 0 Å². The molecule has 2 atom stereocenters. The number of hydrogen-bond acceptors (Lipinski definition) is 4. The van der Waals surface area contributed by atoms with Crippen LogP contribution in [-0.4, -0.2) is 55.6 Å². The lowest BCUT2D eigenvalue weighted by Gasteiger charge is -2.40. The zero-order valence-electron chi connectivity index (χ0n) is 14.2. The quantitative estimate of drug-likeness (QED) is 0.852. The van der Waals surface area contributed by atoms with E-state index >= 15 is 0 Å². The third-order valence-corrected chi connectivity index (χ3v) is 5.64. The largest absolute Gasteiger partial charge is 0.336 e. The van der Waals surface area contributed by atoms with Gasteiger partial charge in [-0.3, -0.25) is 9.69 Å². The van der Waals surface area contributed by atoms with Crippen molar-refractivity contribution < 1.29 is 4.79 Å². The fraction of sp³-hybridized carbons (Fsp3) is 0.824. The number of hydrogen-bond donors (Lipinski definition) is 0. The normalized spacial score (nSPS) is 28.7. The van der Waals surface area contributed by atoms with Gasteiger partial charge < -0.3 is 9.47 Å². The van der Waals surface area contributed by atoms with Crippen molar-refractivity contribution in [2.45, 2.75) is 77.0 Å². The number of rotatable bonds is 3. The number of fused-ring (bicyclic) bond motifs is 1. The van der Waals surface area contributed by atoms with Crippen LogP contribution >= 0.6 is 0 Å². The summed E-state index contributed by atoms with van der Waals surface area (Å²) < 4.78 is 2.28. The molecule has 1 saturated heterocycles. The van der Waals surface area contributed by atoms with Gasteiger partial charge in [0.2, 0.25) is 5.91 Å². The fourth-order valence-corrected chi connectivity index (χ4v) is 4.19. The number of nitrogens with zero attached hydrogens (tertiary/aromatic N) is 5. The molecule has 6 heteroatoms. The summed E-state index contributed by atoms with van der Waals surface area (Å²) in [6.45, 7) is 7.48. The predicted octanol–water partition coefficient (Wildman–Crippen LogP) is 1.76. The van der Waals surface area contributed by atoms with Gasteiger partial charge in [-0.1, -0.05) is 0 Å². The molecule has 1 aromatic heterocycles. The summed E-state index contributed by atoms with van der Waals surface area (Å²) in [6.07, 6.45) is 6.02. The van der Waals surface area contributed by atoms with E-state index in [9.17, 15) is 4.79 Å². The number of aromatic nitrogens is 3. The second-order valence-corrected chi connectivity index (χ2v) is 7.54. The molecule has 2 aliphatic heterocycles. The van der Waals surface area contributed by atoms with Gasteiger partial charge in [-0.25, -0.2) is 0 Å². The molecule has 6 nitrogen and oxygen atoms in total. The Bertz CT molecular complexity index is 584. The minimum absolute atomic E-state index is 0.278. The summed E-state index contributed by atoms with van der Waals surface area (Å²) in [5.41, 5.74) is 0. The molecule has 23 heavy (non-hydrogen) atoms.